The van der Waals surface area contributed by atoms with Gasteiger partial charge in [0.15, 0.2) is 0 Å². The van der Waals surface area contributed by atoms with Gasteiger partial charge in [-0.15, -0.1) is 0 Å². The van der Waals surface area contributed by atoms with Crippen LogP contribution < -0.4 is 9.62 Å². The lowest BCUT2D eigenvalue weighted by Crippen LogP contribution is -2.30. The fraction of sp³-hybridized carbons (Fsp3) is 0.240. The summed E-state index contributed by atoms with van der Waals surface area (Å²) in [5, 5.41) is 2.99. The molecule has 1 amide bonds. The van der Waals surface area contributed by atoms with Gasteiger partial charge in [-0.25, -0.2) is 8.42 Å². The van der Waals surface area contributed by atoms with E-state index in [2.05, 4.69) is 5.32 Å². The molecular formula is C25H28N2O3S. The molecule has 0 aliphatic rings. The van der Waals surface area contributed by atoms with Gasteiger partial charge in [0.2, 0.25) is 10.0 Å². The fourth-order valence-electron chi connectivity index (χ4n) is 3.59. The minimum Gasteiger partial charge on any atom is -0.346 e. The van der Waals surface area contributed by atoms with Crippen molar-refractivity contribution in [2.75, 3.05) is 10.6 Å². The Labute approximate surface area is 184 Å². The van der Waals surface area contributed by atoms with Gasteiger partial charge in [-0.2, -0.15) is 0 Å². The highest BCUT2D eigenvalue weighted by Crippen LogP contribution is 2.28. The van der Waals surface area contributed by atoms with E-state index in [1.165, 1.54) is 10.6 Å². The molecule has 0 aliphatic heterocycles. The molecule has 3 aromatic carbocycles. The van der Waals surface area contributed by atoms with Gasteiger partial charge in [-0.05, 0) is 55.2 Å². The Morgan fingerprint density at radius 3 is 2.03 bits per heavy atom. The van der Waals surface area contributed by atoms with E-state index in [1.54, 1.807) is 24.3 Å². The van der Waals surface area contributed by atoms with E-state index < -0.39 is 10.0 Å². The maximum absolute atomic E-state index is 12.6. The Kier molecular flexibility index (Phi) is 6.81. The van der Waals surface area contributed by atoms with Crippen molar-refractivity contribution in [3.8, 4) is 0 Å². The topological polar surface area (TPSA) is 66.5 Å². The maximum Gasteiger partial charge on any atom is 0.251 e. The highest BCUT2D eigenvalue weighted by Gasteiger charge is 2.21. The van der Waals surface area contributed by atoms with Gasteiger partial charge in [0.25, 0.3) is 5.91 Å². The maximum atomic E-state index is 12.6. The molecular weight excluding hydrogens is 408 g/mol. The summed E-state index contributed by atoms with van der Waals surface area (Å²) in [5.74, 6) is -0.169. The smallest absolute Gasteiger partial charge is 0.251 e. The number of amides is 1. The Bertz CT molecular complexity index is 1140. The fourth-order valence-corrected chi connectivity index (χ4v) is 4.60. The number of carbonyl (C=O) groups excluding carboxylic acids is 1. The van der Waals surface area contributed by atoms with E-state index in [0.29, 0.717) is 11.3 Å². The van der Waals surface area contributed by atoms with Crippen molar-refractivity contribution in [3.63, 3.8) is 0 Å². The summed E-state index contributed by atoms with van der Waals surface area (Å²) in [6.45, 7) is 5.95. The standard InChI is InChI=1S/C25H28N2O3S/c1-18-9-8-10-19(2)24(18)27(31(4,29)30)17-21-13-15-23(16-14-21)25(28)26-20(3)22-11-6-5-7-12-22/h5-16,20H,17H2,1-4H3,(H,26,28). The quantitative estimate of drug-likeness (QED) is 0.581. The summed E-state index contributed by atoms with van der Waals surface area (Å²) in [7, 11) is -3.48. The molecule has 5 nitrogen and oxygen atoms in total. The Morgan fingerprint density at radius 2 is 1.48 bits per heavy atom. The highest BCUT2D eigenvalue weighted by molar-refractivity contribution is 7.92. The van der Waals surface area contributed by atoms with Crippen molar-refractivity contribution < 1.29 is 13.2 Å². The lowest BCUT2D eigenvalue weighted by molar-refractivity contribution is 0.0940. The first kappa shape index (κ1) is 22.6. The average molecular weight is 437 g/mol. The van der Waals surface area contributed by atoms with Gasteiger partial charge >= 0.3 is 0 Å². The van der Waals surface area contributed by atoms with Crippen LogP contribution in [0, 0.1) is 13.8 Å². The third kappa shape index (κ3) is 5.52. The molecule has 0 spiro atoms. The van der Waals surface area contributed by atoms with Crippen LogP contribution >= 0.6 is 0 Å². The van der Waals surface area contributed by atoms with E-state index in [4.69, 9.17) is 0 Å². The van der Waals surface area contributed by atoms with Gasteiger partial charge < -0.3 is 5.32 Å². The Morgan fingerprint density at radius 1 is 0.903 bits per heavy atom. The van der Waals surface area contributed by atoms with Crippen LogP contribution in [-0.2, 0) is 16.6 Å². The number of anilines is 1. The van der Waals surface area contributed by atoms with Crippen LogP contribution in [0.4, 0.5) is 5.69 Å². The van der Waals surface area contributed by atoms with E-state index in [-0.39, 0.29) is 18.5 Å². The van der Waals surface area contributed by atoms with E-state index in [1.807, 2.05) is 69.3 Å². The summed E-state index contributed by atoms with van der Waals surface area (Å²) < 4.78 is 26.5. The Balaban J connectivity index is 1.78. The van der Waals surface area contributed by atoms with Gasteiger partial charge in [0, 0.05) is 5.56 Å². The molecule has 0 saturated heterocycles. The summed E-state index contributed by atoms with van der Waals surface area (Å²) in [6, 6.07) is 22.4. The second kappa shape index (κ2) is 9.35. The van der Waals surface area contributed by atoms with Crippen molar-refractivity contribution in [3.05, 3.63) is 101 Å². The normalized spacial score (nSPS) is 12.3. The first-order valence-corrected chi connectivity index (χ1v) is 12.0. The number of hydrogen-bond acceptors (Lipinski definition) is 3. The molecule has 162 valence electrons. The third-order valence-electron chi connectivity index (χ3n) is 5.28. The molecule has 0 fully saturated rings. The molecule has 31 heavy (non-hydrogen) atoms. The lowest BCUT2D eigenvalue weighted by Gasteiger charge is -2.26. The first-order chi connectivity index (χ1) is 14.7. The van der Waals surface area contributed by atoms with Crippen LogP contribution in [0.3, 0.4) is 0 Å². The molecule has 0 bridgehead atoms. The van der Waals surface area contributed by atoms with Crippen molar-refractivity contribution in [2.45, 2.75) is 33.4 Å². The number of sulfonamides is 1. The highest BCUT2D eigenvalue weighted by atomic mass is 32.2. The largest absolute Gasteiger partial charge is 0.346 e. The molecule has 0 radical (unpaired) electrons. The van der Waals surface area contributed by atoms with Crippen LogP contribution in [0.2, 0.25) is 0 Å². The zero-order valence-corrected chi connectivity index (χ0v) is 19.1. The molecule has 0 aliphatic carbocycles. The molecule has 0 heterocycles. The molecule has 3 aromatic rings. The van der Waals surface area contributed by atoms with Gasteiger partial charge in [0.1, 0.15) is 0 Å². The number of rotatable bonds is 7. The zero-order chi connectivity index (χ0) is 22.6. The van der Waals surface area contributed by atoms with Crippen molar-refractivity contribution >= 4 is 21.6 Å². The molecule has 0 aromatic heterocycles. The number of aryl methyl sites for hydroxylation is 2. The number of nitrogens with one attached hydrogen (secondary N) is 1. The lowest BCUT2D eigenvalue weighted by atomic mass is 10.1. The van der Waals surface area contributed by atoms with Crippen LogP contribution in [0.15, 0.2) is 72.8 Å². The minimum absolute atomic E-state index is 0.113. The zero-order valence-electron chi connectivity index (χ0n) is 18.3. The predicted molar refractivity (Wildman–Crippen MR) is 126 cm³/mol. The van der Waals surface area contributed by atoms with Crippen LogP contribution in [0.5, 0.6) is 0 Å². The molecule has 6 heteroatoms. The number of carbonyl (C=O) groups is 1. The van der Waals surface area contributed by atoms with Gasteiger partial charge in [-0.3, -0.25) is 9.10 Å². The molecule has 1 unspecified atom stereocenters. The predicted octanol–water partition coefficient (Wildman–Crippen LogP) is 4.76. The van der Waals surface area contributed by atoms with Crippen LogP contribution in [0.1, 0.15) is 45.6 Å². The number of benzene rings is 3. The molecule has 0 saturated carbocycles. The van der Waals surface area contributed by atoms with Crippen LogP contribution in [0.25, 0.3) is 0 Å². The minimum atomic E-state index is -3.48. The number of nitrogens with zero attached hydrogens (tertiary/aromatic N) is 1. The van der Waals surface area contributed by atoms with E-state index in [0.717, 1.165) is 22.3 Å². The van der Waals surface area contributed by atoms with E-state index >= 15 is 0 Å². The molecule has 1 N–H and O–H groups in total. The average Bonchev–Trinajstić information content (AvgIpc) is 2.73. The summed E-state index contributed by atoms with van der Waals surface area (Å²) in [6.07, 6.45) is 1.21. The van der Waals surface area contributed by atoms with Gasteiger partial charge in [0.05, 0.1) is 24.5 Å². The SMILES string of the molecule is Cc1cccc(C)c1N(Cc1ccc(C(=O)NC(C)c2ccccc2)cc1)S(C)(=O)=O. The molecule has 3 rings (SSSR count). The second-order valence-corrected chi connectivity index (χ2v) is 9.72. The second-order valence-electron chi connectivity index (χ2n) is 7.81. The van der Waals surface area contributed by atoms with Crippen molar-refractivity contribution in [1.82, 2.24) is 5.32 Å². The van der Waals surface area contributed by atoms with Crippen molar-refractivity contribution in [1.29, 1.82) is 0 Å². The first-order valence-electron chi connectivity index (χ1n) is 10.2. The van der Waals surface area contributed by atoms with Gasteiger partial charge in [-0.1, -0.05) is 60.7 Å². The summed E-state index contributed by atoms with van der Waals surface area (Å²) in [5.41, 5.74) is 4.87. The Hall–Kier alpha value is -3.12. The third-order valence-corrected chi connectivity index (χ3v) is 6.39. The number of hydrogen-bond donors (Lipinski definition) is 1. The number of para-hydroxylation sites is 1. The molecule has 1 atom stereocenters. The monoisotopic (exact) mass is 436 g/mol. The summed E-state index contributed by atoms with van der Waals surface area (Å²) >= 11 is 0. The van der Waals surface area contributed by atoms with Crippen LogP contribution in [-0.4, -0.2) is 20.6 Å². The van der Waals surface area contributed by atoms with Crippen molar-refractivity contribution in [2.24, 2.45) is 0 Å². The van der Waals surface area contributed by atoms with E-state index in [9.17, 15) is 13.2 Å². The summed E-state index contributed by atoms with van der Waals surface area (Å²) in [4.78, 5) is 12.6.